The van der Waals surface area contributed by atoms with Crippen molar-refractivity contribution < 1.29 is 4.79 Å². The number of hydrogen-bond donors (Lipinski definition) is 1. The fourth-order valence-corrected chi connectivity index (χ4v) is 3.82. The van der Waals surface area contributed by atoms with Gasteiger partial charge in [-0.3, -0.25) is 4.68 Å². The lowest BCUT2D eigenvalue weighted by Gasteiger charge is -2.28. The third-order valence-corrected chi connectivity index (χ3v) is 5.38. The quantitative estimate of drug-likeness (QED) is 0.897. The van der Waals surface area contributed by atoms with Crippen LogP contribution in [0.3, 0.4) is 0 Å². The topological polar surface area (TPSA) is 50.2 Å². The predicted molar refractivity (Wildman–Crippen MR) is 97.0 cm³/mol. The van der Waals surface area contributed by atoms with Crippen molar-refractivity contribution in [3.8, 4) is 0 Å². The monoisotopic (exact) mass is 338 g/mol. The van der Waals surface area contributed by atoms with Crippen molar-refractivity contribution in [3.63, 3.8) is 0 Å². The van der Waals surface area contributed by atoms with Gasteiger partial charge < -0.3 is 10.2 Å². The normalized spacial score (nSPS) is 21.0. The van der Waals surface area contributed by atoms with Crippen molar-refractivity contribution >= 4 is 17.8 Å². The van der Waals surface area contributed by atoms with Crippen molar-refractivity contribution in [1.82, 2.24) is 20.0 Å². The highest BCUT2D eigenvalue weighted by Crippen LogP contribution is 2.22. The van der Waals surface area contributed by atoms with Gasteiger partial charge in [-0.2, -0.15) is 16.9 Å². The van der Waals surface area contributed by atoms with Crippen molar-refractivity contribution in [2.75, 3.05) is 18.1 Å². The van der Waals surface area contributed by atoms with Gasteiger partial charge in [-0.05, 0) is 53.7 Å². The van der Waals surface area contributed by atoms with Gasteiger partial charge in [0.25, 0.3) is 0 Å². The Bertz CT molecular complexity index is 549. The average molecular weight is 339 g/mol. The molecule has 0 spiro atoms. The molecule has 0 saturated carbocycles. The van der Waals surface area contributed by atoms with Crippen LogP contribution < -0.4 is 5.32 Å². The number of aromatic nitrogens is 2. The van der Waals surface area contributed by atoms with Crippen LogP contribution in [0.5, 0.6) is 0 Å². The molecule has 1 aromatic heterocycles. The van der Waals surface area contributed by atoms with Crippen molar-refractivity contribution in [3.05, 3.63) is 17.5 Å². The number of rotatable bonds is 2. The Balaban J connectivity index is 2.07. The summed E-state index contributed by atoms with van der Waals surface area (Å²) in [6.07, 6.45) is 3.12. The highest BCUT2D eigenvalue weighted by Gasteiger charge is 2.25. The fourth-order valence-electron chi connectivity index (χ4n) is 2.78. The third kappa shape index (κ3) is 4.43. The van der Waals surface area contributed by atoms with E-state index < -0.39 is 0 Å². The summed E-state index contributed by atoms with van der Waals surface area (Å²) in [6.45, 7) is 13.4. The molecule has 2 heterocycles. The lowest BCUT2D eigenvalue weighted by Crippen LogP contribution is -2.46. The largest absolute Gasteiger partial charge is 0.331 e. The van der Waals surface area contributed by atoms with E-state index >= 15 is 0 Å². The van der Waals surface area contributed by atoms with Crippen molar-refractivity contribution in [2.24, 2.45) is 0 Å². The highest BCUT2D eigenvalue weighted by atomic mass is 32.2. The van der Waals surface area contributed by atoms with Crippen LogP contribution >= 0.6 is 11.8 Å². The number of thioether (sulfide) groups is 1. The van der Waals surface area contributed by atoms with Gasteiger partial charge in [0.15, 0.2) is 0 Å². The molecule has 6 heteroatoms. The summed E-state index contributed by atoms with van der Waals surface area (Å²) in [7, 11) is 0. The highest BCUT2D eigenvalue weighted by molar-refractivity contribution is 7.99. The van der Waals surface area contributed by atoms with Gasteiger partial charge in [-0.15, -0.1) is 0 Å². The molecule has 2 atom stereocenters. The first-order chi connectivity index (χ1) is 10.7. The summed E-state index contributed by atoms with van der Waals surface area (Å²) in [5.74, 6) is 2.16. The molecule has 0 aromatic carbocycles. The zero-order chi connectivity index (χ0) is 17.2. The molecule has 1 saturated heterocycles. The fraction of sp³-hybridized carbons (Fsp3) is 0.765. The number of carbonyl (C=O) groups excluding carboxylic acids is 1. The van der Waals surface area contributed by atoms with E-state index in [4.69, 9.17) is 0 Å². The van der Waals surface area contributed by atoms with Crippen LogP contribution in [-0.4, -0.2) is 44.8 Å². The Hall–Kier alpha value is -1.17. The summed E-state index contributed by atoms with van der Waals surface area (Å²) in [6, 6.07) is 0.299. The molecule has 0 aliphatic carbocycles. The van der Waals surface area contributed by atoms with E-state index in [0.717, 1.165) is 35.7 Å². The molecular formula is C17H30N4OS. The van der Waals surface area contributed by atoms with E-state index in [-0.39, 0.29) is 17.6 Å². The molecular weight excluding hydrogens is 308 g/mol. The molecule has 23 heavy (non-hydrogen) atoms. The van der Waals surface area contributed by atoms with Crippen LogP contribution in [0.4, 0.5) is 4.79 Å². The van der Waals surface area contributed by atoms with Gasteiger partial charge in [-0.25, -0.2) is 4.79 Å². The Morgan fingerprint density at radius 2 is 2.13 bits per heavy atom. The number of hydrogen-bond acceptors (Lipinski definition) is 3. The molecule has 1 aliphatic heterocycles. The second-order valence-corrected chi connectivity index (χ2v) is 8.62. The number of carbonyl (C=O) groups is 1. The molecule has 130 valence electrons. The lowest BCUT2D eigenvalue weighted by atomic mass is 10.1. The summed E-state index contributed by atoms with van der Waals surface area (Å²) in [5.41, 5.74) is 2.01. The first-order valence-corrected chi connectivity index (χ1v) is 9.57. The molecule has 0 bridgehead atoms. The molecule has 1 N–H and O–H groups in total. The van der Waals surface area contributed by atoms with E-state index in [1.165, 1.54) is 0 Å². The standard InChI is InChI=1S/C17H30N4OS/c1-12-7-9-23-10-8-20(12)16(22)18-13(2)15-11-21(17(4,5)6)19-14(15)3/h11-13H,7-10H2,1-6H3,(H,18,22)/t12-,13+/m1/s1. The molecule has 5 nitrogen and oxygen atoms in total. The van der Waals surface area contributed by atoms with Crippen molar-refractivity contribution in [1.29, 1.82) is 0 Å². The minimum Gasteiger partial charge on any atom is -0.331 e. The summed E-state index contributed by atoms with van der Waals surface area (Å²) >= 11 is 1.93. The molecule has 0 radical (unpaired) electrons. The number of urea groups is 1. The van der Waals surface area contributed by atoms with Gasteiger partial charge in [0, 0.05) is 30.1 Å². The van der Waals surface area contributed by atoms with Crippen LogP contribution in [0.1, 0.15) is 58.3 Å². The maximum absolute atomic E-state index is 12.6. The van der Waals surface area contributed by atoms with E-state index in [0.29, 0.717) is 6.04 Å². The molecule has 2 rings (SSSR count). The zero-order valence-corrected chi connectivity index (χ0v) is 16.0. The SMILES string of the molecule is Cc1nn(C(C)(C)C)cc1[C@H](C)NC(=O)N1CCSCC[C@H]1C. The predicted octanol–water partition coefficient (Wildman–Crippen LogP) is 3.54. The second kappa shape index (κ2) is 7.16. The summed E-state index contributed by atoms with van der Waals surface area (Å²) < 4.78 is 1.98. The van der Waals surface area contributed by atoms with Crippen LogP contribution in [0.25, 0.3) is 0 Å². The van der Waals surface area contributed by atoms with Gasteiger partial charge >= 0.3 is 6.03 Å². The second-order valence-electron chi connectivity index (χ2n) is 7.40. The minimum atomic E-state index is -0.0523. The smallest absolute Gasteiger partial charge is 0.318 e. The summed E-state index contributed by atoms with van der Waals surface area (Å²) in [5, 5.41) is 7.76. The number of amides is 2. The maximum atomic E-state index is 12.6. The van der Waals surface area contributed by atoms with Gasteiger partial charge in [0.05, 0.1) is 17.3 Å². The van der Waals surface area contributed by atoms with Crippen LogP contribution in [0.2, 0.25) is 0 Å². The first-order valence-electron chi connectivity index (χ1n) is 8.41. The maximum Gasteiger partial charge on any atom is 0.318 e. The molecule has 2 amide bonds. The summed E-state index contributed by atoms with van der Waals surface area (Å²) in [4.78, 5) is 14.6. The van der Waals surface area contributed by atoms with E-state index in [9.17, 15) is 4.79 Å². The van der Waals surface area contributed by atoms with Crippen molar-refractivity contribution in [2.45, 2.75) is 65.6 Å². The lowest BCUT2D eigenvalue weighted by molar-refractivity contribution is 0.180. The Labute approximate surface area is 144 Å². The van der Waals surface area contributed by atoms with Gasteiger partial charge in [0.1, 0.15) is 0 Å². The zero-order valence-electron chi connectivity index (χ0n) is 15.2. The minimum absolute atomic E-state index is 0.0374. The van der Waals surface area contributed by atoms with E-state index in [1.54, 1.807) is 0 Å². The van der Waals surface area contributed by atoms with Crippen LogP contribution in [0.15, 0.2) is 6.20 Å². The first kappa shape index (κ1) is 18.2. The van der Waals surface area contributed by atoms with Crippen LogP contribution in [0, 0.1) is 6.92 Å². The van der Waals surface area contributed by atoms with E-state index in [1.807, 2.05) is 35.2 Å². The number of nitrogens with zero attached hydrogens (tertiary/aromatic N) is 3. The van der Waals surface area contributed by atoms with E-state index in [2.05, 4.69) is 44.3 Å². The molecule has 1 fully saturated rings. The van der Waals surface area contributed by atoms with Crippen LogP contribution in [-0.2, 0) is 5.54 Å². The van der Waals surface area contributed by atoms with Gasteiger partial charge in [0.2, 0.25) is 0 Å². The Morgan fingerprint density at radius 3 is 2.74 bits per heavy atom. The number of nitrogens with one attached hydrogen (secondary N) is 1. The number of aryl methyl sites for hydroxylation is 1. The average Bonchev–Trinajstić information content (AvgIpc) is 2.71. The Morgan fingerprint density at radius 1 is 1.43 bits per heavy atom. The van der Waals surface area contributed by atoms with Gasteiger partial charge in [-0.1, -0.05) is 0 Å². The Kier molecular flexibility index (Phi) is 5.65. The third-order valence-electron chi connectivity index (χ3n) is 4.38. The molecule has 1 aliphatic rings. The molecule has 0 unspecified atom stereocenters. The molecule has 1 aromatic rings.